The van der Waals surface area contributed by atoms with Gasteiger partial charge >= 0.3 is 0 Å². The third-order valence-electron chi connectivity index (χ3n) is 1.40. The lowest BCUT2D eigenvalue weighted by Crippen LogP contribution is -2.66. The van der Waals surface area contributed by atoms with Gasteiger partial charge in [-0.1, -0.05) is 0 Å². The number of rotatable bonds is 0. The molecule has 2 heterocycles. The van der Waals surface area contributed by atoms with E-state index < -0.39 is 11.8 Å². The van der Waals surface area contributed by atoms with E-state index in [9.17, 15) is 4.79 Å². The highest BCUT2D eigenvalue weighted by atomic mass is 16.2. The van der Waals surface area contributed by atoms with Gasteiger partial charge in [0, 0.05) is 0 Å². The summed E-state index contributed by atoms with van der Waals surface area (Å²) in [7, 11) is 0. The van der Waals surface area contributed by atoms with Gasteiger partial charge < -0.3 is 5.32 Å². The minimum atomic E-state index is -1.56. The van der Waals surface area contributed by atoms with E-state index in [0.29, 0.717) is 0 Å². The Bertz CT molecular complexity index is 338. The number of amidine groups is 1. The first kappa shape index (κ1) is 7.07. The van der Waals surface area contributed by atoms with Gasteiger partial charge in [0.2, 0.25) is 5.91 Å². The molecule has 0 saturated heterocycles. The van der Waals surface area contributed by atoms with Gasteiger partial charge in [-0.2, -0.15) is 0 Å². The summed E-state index contributed by atoms with van der Waals surface area (Å²) < 4.78 is 0. The minimum Gasteiger partial charge on any atom is -0.301 e. The lowest BCUT2D eigenvalue weighted by molar-refractivity contribution is -0.116. The lowest BCUT2D eigenvalue weighted by Gasteiger charge is -2.24. The molecule has 0 aromatic heterocycles. The smallest absolute Gasteiger partial charge is 0.277 e. The molecule has 2 aliphatic rings. The van der Waals surface area contributed by atoms with Crippen LogP contribution in [0.1, 0.15) is 0 Å². The van der Waals surface area contributed by atoms with Crippen LogP contribution in [0.15, 0.2) is 15.0 Å². The molecule has 2 aliphatic heterocycles. The molecule has 0 spiro atoms. The number of carbonyl (C=O) groups is 1. The summed E-state index contributed by atoms with van der Waals surface area (Å²) in [5.41, 5.74) is 10.9. The zero-order chi connectivity index (χ0) is 8.77. The lowest BCUT2D eigenvalue weighted by atomic mass is 10.3. The summed E-state index contributed by atoms with van der Waals surface area (Å²) in [6, 6.07) is 0. The van der Waals surface area contributed by atoms with Gasteiger partial charge in [0.25, 0.3) is 5.91 Å². The summed E-state index contributed by atoms with van der Waals surface area (Å²) in [5.74, 6) is -1.83. The molecule has 0 unspecified atom stereocenters. The number of amides is 1. The van der Waals surface area contributed by atoms with Crippen LogP contribution in [0.25, 0.3) is 0 Å². The highest BCUT2D eigenvalue weighted by Gasteiger charge is 2.34. The third kappa shape index (κ3) is 0.917. The first-order chi connectivity index (χ1) is 5.58. The van der Waals surface area contributed by atoms with Gasteiger partial charge in [0.05, 0.1) is 0 Å². The molecule has 0 aromatic carbocycles. The van der Waals surface area contributed by atoms with E-state index in [4.69, 9.17) is 11.5 Å². The Morgan fingerprint density at radius 3 is 3.00 bits per heavy atom. The van der Waals surface area contributed by atoms with E-state index in [1.54, 1.807) is 0 Å². The van der Waals surface area contributed by atoms with Crippen LogP contribution in [0.5, 0.6) is 0 Å². The Labute approximate surface area is 67.3 Å². The van der Waals surface area contributed by atoms with Gasteiger partial charge in [-0.3, -0.25) is 16.3 Å². The molecule has 12 heavy (non-hydrogen) atoms. The molecular weight excluding hydrogens is 160 g/mol. The molecule has 0 aliphatic carbocycles. The monoisotopic (exact) mass is 166 g/mol. The van der Waals surface area contributed by atoms with Crippen molar-refractivity contribution in [2.24, 2.45) is 26.4 Å². The van der Waals surface area contributed by atoms with Gasteiger partial charge in [-0.15, -0.1) is 0 Å². The van der Waals surface area contributed by atoms with E-state index in [1.807, 2.05) is 0 Å². The molecule has 0 bridgehead atoms. The zero-order valence-electron chi connectivity index (χ0n) is 5.98. The number of nitrogens with zero attached hydrogens (tertiary/aromatic N) is 3. The SMILES string of the molecule is NC1(N)N=C2N=CN=C2C(=O)N1. The predicted molar refractivity (Wildman–Crippen MR) is 42.6 cm³/mol. The molecule has 2 rings (SSSR count). The fourth-order valence-corrected chi connectivity index (χ4v) is 0.946. The average Bonchev–Trinajstić information content (AvgIpc) is 2.31. The van der Waals surface area contributed by atoms with Gasteiger partial charge in [-0.25, -0.2) is 15.0 Å². The second-order valence-corrected chi connectivity index (χ2v) is 2.44. The van der Waals surface area contributed by atoms with Crippen LogP contribution in [-0.2, 0) is 4.79 Å². The second kappa shape index (κ2) is 1.96. The number of carbonyl (C=O) groups excluding carboxylic acids is 1. The van der Waals surface area contributed by atoms with Crippen molar-refractivity contribution < 1.29 is 4.79 Å². The van der Waals surface area contributed by atoms with E-state index >= 15 is 0 Å². The summed E-state index contributed by atoms with van der Waals surface area (Å²) in [6.45, 7) is 0. The molecule has 0 fully saturated rings. The number of nitrogens with two attached hydrogens (primary N) is 2. The minimum absolute atomic E-state index is 0.154. The quantitative estimate of drug-likeness (QED) is 0.346. The Kier molecular flexibility index (Phi) is 1.15. The van der Waals surface area contributed by atoms with Crippen LogP contribution in [0.4, 0.5) is 0 Å². The Balaban J connectivity index is 2.49. The normalized spacial score (nSPS) is 24.3. The molecule has 1 amide bonds. The van der Waals surface area contributed by atoms with Crippen LogP contribution >= 0.6 is 0 Å². The number of fused-ring (bicyclic) bond motifs is 1. The van der Waals surface area contributed by atoms with Crippen molar-refractivity contribution in [2.45, 2.75) is 5.91 Å². The largest absolute Gasteiger partial charge is 0.301 e. The van der Waals surface area contributed by atoms with Crippen LogP contribution < -0.4 is 16.8 Å². The maximum Gasteiger partial charge on any atom is 0.277 e. The predicted octanol–water partition coefficient (Wildman–Crippen LogP) is -2.47. The van der Waals surface area contributed by atoms with Crippen molar-refractivity contribution in [1.29, 1.82) is 0 Å². The first-order valence-corrected chi connectivity index (χ1v) is 3.19. The van der Waals surface area contributed by atoms with Gasteiger partial charge in [-0.05, 0) is 0 Å². The molecule has 7 nitrogen and oxygen atoms in total. The third-order valence-corrected chi connectivity index (χ3v) is 1.40. The summed E-state index contributed by atoms with van der Waals surface area (Å²) >= 11 is 0. The van der Waals surface area contributed by atoms with Crippen molar-refractivity contribution in [3.05, 3.63) is 0 Å². The zero-order valence-corrected chi connectivity index (χ0v) is 5.98. The Morgan fingerprint density at radius 1 is 1.50 bits per heavy atom. The molecule has 0 saturated carbocycles. The summed E-state index contributed by atoms with van der Waals surface area (Å²) in [4.78, 5) is 22.2. The average molecular weight is 166 g/mol. The molecule has 7 heteroatoms. The topological polar surface area (TPSA) is 118 Å². The standard InChI is InChI=1S/C5H6N6O/c6-5(7)10-3-2(4(12)11-5)8-1-9-3/h1H,6-7H2,(H,11,12). The highest BCUT2D eigenvalue weighted by Crippen LogP contribution is 2.04. The molecule has 0 aromatic rings. The molecule has 5 N–H and O–H groups in total. The number of hydrogen-bond acceptors (Lipinski definition) is 6. The van der Waals surface area contributed by atoms with E-state index in [-0.39, 0.29) is 11.5 Å². The first-order valence-electron chi connectivity index (χ1n) is 3.19. The molecule has 62 valence electrons. The number of aliphatic imine (C=N–C) groups is 3. The van der Waals surface area contributed by atoms with E-state index in [1.165, 1.54) is 6.34 Å². The van der Waals surface area contributed by atoms with E-state index in [0.717, 1.165) is 0 Å². The Hall–Kier alpha value is -1.60. The number of hydrogen-bond donors (Lipinski definition) is 3. The second-order valence-electron chi connectivity index (χ2n) is 2.44. The van der Waals surface area contributed by atoms with Crippen LogP contribution in [0, 0.1) is 0 Å². The van der Waals surface area contributed by atoms with Crippen molar-refractivity contribution in [3.8, 4) is 0 Å². The fraction of sp³-hybridized carbons (Fsp3) is 0.200. The van der Waals surface area contributed by atoms with Crippen LogP contribution in [0.2, 0.25) is 0 Å². The number of nitrogens with one attached hydrogen (secondary N) is 1. The molecular formula is C5H6N6O. The Morgan fingerprint density at radius 2 is 2.25 bits per heavy atom. The van der Waals surface area contributed by atoms with Crippen LogP contribution in [0.3, 0.4) is 0 Å². The van der Waals surface area contributed by atoms with Crippen molar-refractivity contribution >= 4 is 23.8 Å². The van der Waals surface area contributed by atoms with E-state index in [2.05, 4.69) is 20.3 Å². The summed E-state index contributed by atoms with van der Waals surface area (Å²) in [5, 5.41) is 2.25. The maximum atomic E-state index is 11.1. The molecule has 0 radical (unpaired) electrons. The van der Waals surface area contributed by atoms with Gasteiger partial charge in [0.1, 0.15) is 6.34 Å². The molecule has 0 atom stereocenters. The van der Waals surface area contributed by atoms with Crippen molar-refractivity contribution in [1.82, 2.24) is 5.32 Å². The van der Waals surface area contributed by atoms with Crippen molar-refractivity contribution in [3.63, 3.8) is 0 Å². The fourth-order valence-electron chi connectivity index (χ4n) is 0.946. The van der Waals surface area contributed by atoms with Crippen LogP contribution in [-0.4, -0.2) is 29.7 Å². The summed E-state index contributed by atoms with van der Waals surface area (Å²) in [6.07, 6.45) is 1.23. The highest BCUT2D eigenvalue weighted by molar-refractivity contribution is 6.69. The maximum absolute atomic E-state index is 11.1. The van der Waals surface area contributed by atoms with Crippen molar-refractivity contribution in [2.75, 3.05) is 0 Å². The van der Waals surface area contributed by atoms with Gasteiger partial charge in [0.15, 0.2) is 11.5 Å².